The van der Waals surface area contributed by atoms with Gasteiger partial charge in [0.2, 0.25) is 0 Å². The fourth-order valence-corrected chi connectivity index (χ4v) is 1.80. The molecule has 0 amide bonds. The summed E-state index contributed by atoms with van der Waals surface area (Å²) in [5, 5.41) is 0. The Kier molecular flexibility index (Phi) is 11.4. The third-order valence-electron chi connectivity index (χ3n) is 3.39. The van der Waals surface area contributed by atoms with Crippen molar-refractivity contribution in [2.45, 2.75) is 71.8 Å². The Morgan fingerprint density at radius 1 is 1.17 bits per heavy atom. The Balaban J connectivity index is 0.000000254. The lowest BCUT2D eigenvalue weighted by Crippen LogP contribution is -2.25. The molecule has 3 heteroatoms. The molecule has 0 atom stereocenters. The van der Waals surface area contributed by atoms with Crippen LogP contribution in [0, 0.1) is 5.92 Å². The normalized spacial score (nSPS) is 26.4. The quantitative estimate of drug-likeness (QED) is 0.784. The van der Waals surface area contributed by atoms with Crippen LogP contribution in [0.15, 0.2) is 0 Å². The lowest BCUT2D eigenvalue weighted by molar-refractivity contribution is -0.116. The summed E-state index contributed by atoms with van der Waals surface area (Å²) >= 11 is 0. The van der Waals surface area contributed by atoms with Gasteiger partial charge in [-0.25, -0.2) is 0 Å². The van der Waals surface area contributed by atoms with Crippen LogP contribution in [-0.2, 0) is 9.53 Å². The predicted molar refractivity (Wildman–Crippen MR) is 76.6 cm³/mol. The minimum Gasteiger partial charge on any atom is -0.381 e. The molecule has 2 N–H and O–H groups in total. The summed E-state index contributed by atoms with van der Waals surface area (Å²) in [6, 6.07) is 0.520. The molecule has 2 aliphatic rings. The molecule has 1 saturated carbocycles. The fraction of sp³-hybridized carbons (Fsp3) is 0.933. The predicted octanol–water partition coefficient (Wildman–Crippen LogP) is 3.31. The molecular formula is C15H31NO2. The van der Waals surface area contributed by atoms with Crippen LogP contribution in [0.25, 0.3) is 0 Å². The monoisotopic (exact) mass is 257 g/mol. The molecule has 0 aromatic heterocycles. The van der Waals surface area contributed by atoms with Gasteiger partial charge in [-0.3, -0.25) is 0 Å². The Hall–Kier alpha value is -0.410. The number of ether oxygens (including phenoxy) is 1. The average molecular weight is 257 g/mol. The first-order valence-corrected chi connectivity index (χ1v) is 7.39. The van der Waals surface area contributed by atoms with E-state index < -0.39 is 0 Å². The van der Waals surface area contributed by atoms with Crippen molar-refractivity contribution in [2.75, 3.05) is 13.2 Å². The summed E-state index contributed by atoms with van der Waals surface area (Å²) in [5.41, 5.74) is 5.70. The van der Waals surface area contributed by atoms with Crippen LogP contribution in [0.4, 0.5) is 0 Å². The summed E-state index contributed by atoms with van der Waals surface area (Å²) in [6.45, 7) is 7.74. The van der Waals surface area contributed by atoms with E-state index in [1.165, 1.54) is 38.5 Å². The maximum Gasteiger partial charge on any atom is 0.129 e. The molecule has 0 radical (unpaired) electrons. The van der Waals surface area contributed by atoms with Crippen LogP contribution in [0.5, 0.6) is 0 Å². The van der Waals surface area contributed by atoms with Crippen LogP contribution < -0.4 is 5.73 Å². The van der Waals surface area contributed by atoms with Crippen molar-refractivity contribution in [3.63, 3.8) is 0 Å². The Morgan fingerprint density at radius 3 is 1.83 bits per heavy atom. The average Bonchev–Trinajstić information content (AvgIpc) is 2.92. The first kappa shape index (κ1) is 17.6. The molecule has 0 aromatic carbocycles. The molecule has 1 saturated heterocycles. The molecule has 2 fully saturated rings. The van der Waals surface area contributed by atoms with E-state index >= 15 is 0 Å². The number of Topliss-reactive ketones (excluding diaryl/α,β-unsaturated/α-hetero) is 1. The van der Waals surface area contributed by atoms with Gasteiger partial charge in [-0.1, -0.05) is 13.8 Å². The van der Waals surface area contributed by atoms with Gasteiger partial charge in [0.15, 0.2) is 0 Å². The highest BCUT2D eigenvalue weighted by Crippen LogP contribution is 2.21. The van der Waals surface area contributed by atoms with Crippen molar-refractivity contribution in [3.05, 3.63) is 0 Å². The van der Waals surface area contributed by atoms with E-state index in [4.69, 9.17) is 10.5 Å². The first-order chi connectivity index (χ1) is 8.56. The SMILES string of the molecule is C1CCOC1.CC1CCC(N)CC1.CCC(C)=O. The van der Waals surface area contributed by atoms with Crippen molar-refractivity contribution in [3.8, 4) is 0 Å². The third-order valence-corrected chi connectivity index (χ3v) is 3.39. The van der Waals surface area contributed by atoms with E-state index in [0.717, 1.165) is 19.1 Å². The molecule has 18 heavy (non-hydrogen) atoms. The third kappa shape index (κ3) is 12.1. The smallest absolute Gasteiger partial charge is 0.129 e. The standard InChI is InChI=1S/C7H15N.2C4H8O/c1-6-2-4-7(8)5-3-6;1-2-4-5-3-1;1-3-4(2)5/h6-7H,2-5,8H2,1H3;1-4H2;3H2,1-2H3. The molecule has 1 aliphatic carbocycles. The van der Waals surface area contributed by atoms with Crippen molar-refractivity contribution in [1.29, 1.82) is 0 Å². The highest BCUT2D eigenvalue weighted by Gasteiger charge is 2.13. The van der Waals surface area contributed by atoms with Crippen LogP contribution >= 0.6 is 0 Å². The van der Waals surface area contributed by atoms with Gasteiger partial charge in [0.05, 0.1) is 0 Å². The number of carbonyl (C=O) groups excluding carboxylic acids is 1. The number of carbonyl (C=O) groups is 1. The molecule has 2 rings (SSSR count). The van der Waals surface area contributed by atoms with Gasteiger partial charge in [-0.15, -0.1) is 0 Å². The van der Waals surface area contributed by atoms with Crippen molar-refractivity contribution in [2.24, 2.45) is 11.7 Å². The van der Waals surface area contributed by atoms with Crippen LogP contribution in [-0.4, -0.2) is 25.0 Å². The van der Waals surface area contributed by atoms with Gasteiger partial charge < -0.3 is 15.3 Å². The second kappa shape index (κ2) is 11.7. The number of hydrogen-bond donors (Lipinski definition) is 1. The highest BCUT2D eigenvalue weighted by atomic mass is 16.5. The summed E-state index contributed by atoms with van der Waals surface area (Å²) < 4.78 is 4.94. The van der Waals surface area contributed by atoms with E-state index in [2.05, 4.69) is 6.92 Å². The van der Waals surface area contributed by atoms with Gasteiger partial charge in [0.1, 0.15) is 5.78 Å². The number of nitrogens with two attached hydrogens (primary N) is 1. The Bertz CT molecular complexity index is 177. The summed E-state index contributed by atoms with van der Waals surface area (Å²) in [7, 11) is 0. The van der Waals surface area contributed by atoms with Crippen LogP contribution in [0.2, 0.25) is 0 Å². The number of rotatable bonds is 1. The topological polar surface area (TPSA) is 52.3 Å². The molecule has 1 heterocycles. The Labute approximate surface area is 112 Å². The zero-order valence-electron chi connectivity index (χ0n) is 12.4. The van der Waals surface area contributed by atoms with E-state index in [-0.39, 0.29) is 5.78 Å². The molecule has 108 valence electrons. The number of ketones is 1. The maximum atomic E-state index is 9.81. The van der Waals surface area contributed by atoms with Crippen molar-refractivity contribution >= 4 is 5.78 Å². The van der Waals surface area contributed by atoms with E-state index in [9.17, 15) is 4.79 Å². The zero-order valence-corrected chi connectivity index (χ0v) is 12.4. The number of hydrogen-bond acceptors (Lipinski definition) is 3. The minimum atomic E-state index is 0.255. The maximum absolute atomic E-state index is 9.81. The summed E-state index contributed by atoms with van der Waals surface area (Å²) in [5.74, 6) is 1.19. The summed E-state index contributed by atoms with van der Waals surface area (Å²) in [6.07, 6.45) is 8.42. The highest BCUT2D eigenvalue weighted by molar-refractivity contribution is 5.74. The first-order valence-electron chi connectivity index (χ1n) is 7.39. The van der Waals surface area contributed by atoms with Gasteiger partial charge in [-0.2, -0.15) is 0 Å². The van der Waals surface area contributed by atoms with Crippen LogP contribution in [0.3, 0.4) is 0 Å². The minimum absolute atomic E-state index is 0.255. The van der Waals surface area contributed by atoms with E-state index in [1.807, 2.05) is 6.92 Å². The molecule has 0 bridgehead atoms. The summed E-state index contributed by atoms with van der Waals surface area (Å²) in [4.78, 5) is 9.81. The molecule has 0 aromatic rings. The second-order valence-corrected chi connectivity index (χ2v) is 5.39. The lowest BCUT2D eigenvalue weighted by Gasteiger charge is -2.22. The molecule has 0 unspecified atom stereocenters. The Morgan fingerprint density at radius 2 is 1.61 bits per heavy atom. The van der Waals surface area contributed by atoms with Crippen LogP contribution in [0.1, 0.15) is 65.7 Å². The fourth-order valence-electron chi connectivity index (χ4n) is 1.80. The van der Waals surface area contributed by atoms with Gasteiger partial charge >= 0.3 is 0 Å². The largest absolute Gasteiger partial charge is 0.381 e. The van der Waals surface area contributed by atoms with Gasteiger partial charge in [0, 0.05) is 25.7 Å². The zero-order chi connectivity index (χ0) is 13.8. The van der Waals surface area contributed by atoms with Gasteiger partial charge in [-0.05, 0) is 51.4 Å². The van der Waals surface area contributed by atoms with E-state index in [1.54, 1.807) is 6.92 Å². The van der Waals surface area contributed by atoms with Crippen molar-refractivity contribution in [1.82, 2.24) is 0 Å². The molecule has 3 nitrogen and oxygen atoms in total. The lowest BCUT2D eigenvalue weighted by atomic mass is 9.88. The second-order valence-electron chi connectivity index (χ2n) is 5.39. The van der Waals surface area contributed by atoms with E-state index in [0.29, 0.717) is 12.5 Å². The van der Waals surface area contributed by atoms with Crippen molar-refractivity contribution < 1.29 is 9.53 Å². The molecular weight excluding hydrogens is 226 g/mol. The van der Waals surface area contributed by atoms with Gasteiger partial charge in [0.25, 0.3) is 0 Å². The molecule has 0 spiro atoms. The molecule has 1 aliphatic heterocycles.